The number of fused-ring (bicyclic) bond motifs is 1. The monoisotopic (exact) mass is 547 g/mol. The molecule has 2 amide bonds. The van der Waals surface area contributed by atoms with Gasteiger partial charge < -0.3 is 19.9 Å². The largest absolute Gasteiger partial charge is 0.444 e. The molecule has 1 aliphatic rings. The minimum atomic E-state index is -1.23. The van der Waals surface area contributed by atoms with Gasteiger partial charge >= 0.3 is 6.09 Å². The van der Waals surface area contributed by atoms with Crippen LogP contribution in [-0.2, 0) is 28.0 Å². The highest BCUT2D eigenvalue weighted by Gasteiger charge is 2.48. The van der Waals surface area contributed by atoms with Crippen molar-refractivity contribution in [2.45, 2.75) is 63.8 Å². The molecule has 1 unspecified atom stereocenters. The average molecular weight is 548 g/mol. The van der Waals surface area contributed by atoms with Gasteiger partial charge in [0.25, 0.3) is 0 Å². The SMILES string of the molecule is CC(C)(C)OC(=O)NC(Cc1cccc(F)c1F)C(=O)NCc1nc2cccnc2n1C1(c2ccccc2)CC1. The fraction of sp³-hybridized carbons (Fsp3) is 0.333. The third-order valence-corrected chi connectivity index (χ3v) is 6.83. The van der Waals surface area contributed by atoms with E-state index in [1.54, 1.807) is 33.0 Å². The van der Waals surface area contributed by atoms with Crippen LogP contribution in [0.3, 0.4) is 0 Å². The predicted molar refractivity (Wildman–Crippen MR) is 145 cm³/mol. The molecule has 0 spiro atoms. The second-order valence-electron chi connectivity index (χ2n) is 10.9. The molecular weight excluding hydrogens is 516 g/mol. The number of nitrogens with zero attached hydrogens (tertiary/aromatic N) is 3. The van der Waals surface area contributed by atoms with Crippen molar-refractivity contribution in [2.75, 3.05) is 0 Å². The molecule has 1 saturated carbocycles. The van der Waals surface area contributed by atoms with Crippen LogP contribution in [0.25, 0.3) is 11.2 Å². The first-order valence-corrected chi connectivity index (χ1v) is 13.2. The number of pyridine rings is 1. The van der Waals surface area contributed by atoms with Crippen molar-refractivity contribution >= 4 is 23.2 Å². The van der Waals surface area contributed by atoms with Crippen LogP contribution in [0.2, 0.25) is 0 Å². The molecule has 8 nitrogen and oxygen atoms in total. The summed E-state index contributed by atoms with van der Waals surface area (Å²) in [7, 11) is 0. The van der Waals surface area contributed by atoms with Gasteiger partial charge in [-0.1, -0.05) is 42.5 Å². The van der Waals surface area contributed by atoms with Gasteiger partial charge in [-0.3, -0.25) is 4.79 Å². The van der Waals surface area contributed by atoms with E-state index >= 15 is 0 Å². The van der Waals surface area contributed by atoms with Crippen molar-refractivity contribution in [3.8, 4) is 0 Å². The van der Waals surface area contributed by atoms with Crippen molar-refractivity contribution in [1.82, 2.24) is 25.2 Å². The van der Waals surface area contributed by atoms with Gasteiger partial charge in [-0.05, 0) is 62.9 Å². The van der Waals surface area contributed by atoms with Crippen LogP contribution in [0.1, 0.15) is 50.6 Å². The van der Waals surface area contributed by atoms with Crippen LogP contribution < -0.4 is 10.6 Å². The number of imidazole rings is 1. The van der Waals surface area contributed by atoms with E-state index in [9.17, 15) is 18.4 Å². The van der Waals surface area contributed by atoms with Crippen LogP contribution >= 0.6 is 0 Å². The lowest BCUT2D eigenvalue weighted by Crippen LogP contribution is -2.49. The molecule has 1 fully saturated rings. The number of alkyl carbamates (subject to hydrolysis) is 1. The van der Waals surface area contributed by atoms with Crippen LogP contribution in [0.15, 0.2) is 66.9 Å². The molecule has 2 N–H and O–H groups in total. The third kappa shape index (κ3) is 5.66. The Morgan fingerprint density at radius 2 is 1.80 bits per heavy atom. The maximum Gasteiger partial charge on any atom is 0.408 e. The molecule has 1 aliphatic carbocycles. The lowest BCUT2D eigenvalue weighted by atomic mass is 10.0. The van der Waals surface area contributed by atoms with Gasteiger partial charge in [0, 0.05) is 12.6 Å². The van der Waals surface area contributed by atoms with Crippen molar-refractivity contribution in [1.29, 1.82) is 0 Å². The average Bonchev–Trinajstić information content (AvgIpc) is 3.63. The Bertz CT molecular complexity index is 1540. The number of hydrogen-bond acceptors (Lipinski definition) is 5. The molecule has 2 heterocycles. The Hall–Kier alpha value is -4.34. The molecule has 4 aromatic rings. The minimum Gasteiger partial charge on any atom is -0.444 e. The Labute approximate surface area is 230 Å². The van der Waals surface area contributed by atoms with Gasteiger partial charge in [-0.15, -0.1) is 0 Å². The van der Waals surface area contributed by atoms with Crippen LogP contribution in [-0.4, -0.2) is 38.2 Å². The minimum absolute atomic E-state index is 0.0297. The summed E-state index contributed by atoms with van der Waals surface area (Å²) in [6, 6.07) is 16.2. The molecule has 10 heteroatoms. The van der Waals surface area contributed by atoms with Gasteiger partial charge in [-0.2, -0.15) is 0 Å². The normalized spacial score (nSPS) is 14.9. The fourth-order valence-electron chi connectivity index (χ4n) is 4.91. The third-order valence-electron chi connectivity index (χ3n) is 6.83. The maximum atomic E-state index is 14.5. The second kappa shape index (κ2) is 10.7. The van der Waals surface area contributed by atoms with Crippen molar-refractivity contribution < 1.29 is 23.1 Å². The Kier molecular flexibility index (Phi) is 7.27. The predicted octanol–water partition coefficient (Wildman–Crippen LogP) is 5.00. The highest BCUT2D eigenvalue weighted by Crippen LogP contribution is 2.51. The number of aromatic nitrogens is 3. The van der Waals surface area contributed by atoms with E-state index < -0.39 is 35.3 Å². The number of rotatable bonds is 8. The summed E-state index contributed by atoms with van der Waals surface area (Å²) in [6.45, 7) is 5.09. The number of carbonyl (C=O) groups is 2. The summed E-state index contributed by atoms with van der Waals surface area (Å²) in [6.07, 6.45) is 2.37. The molecule has 0 saturated heterocycles. The maximum absolute atomic E-state index is 14.5. The summed E-state index contributed by atoms with van der Waals surface area (Å²) in [5.41, 5.74) is 1.33. The molecule has 5 rings (SSSR count). The fourth-order valence-corrected chi connectivity index (χ4v) is 4.91. The molecule has 1 atom stereocenters. The number of carbonyl (C=O) groups excluding carboxylic acids is 2. The smallest absolute Gasteiger partial charge is 0.408 e. The van der Waals surface area contributed by atoms with E-state index in [1.165, 1.54) is 12.1 Å². The first-order valence-electron chi connectivity index (χ1n) is 13.2. The van der Waals surface area contributed by atoms with Gasteiger partial charge in [0.05, 0.1) is 12.1 Å². The topological polar surface area (TPSA) is 98.1 Å². The number of halogens is 2. The summed E-state index contributed by atoms with van der Waals surface area (Å²) >= 11 is 0. The number of ether oxygens (including phenoxy) is 1. The van der Waals surface area contributed by atoms with Gasteiger partial charge in [0.2, 0.25) is 5.91 Å². The van der Waals surface area contributed by atoms with E-state index in [2.05, 4.69) is 32.3 Å². The number of amides is 2. The van der Waals surface area contributed by atoms with E-state index in [4.69, 9.17) is 9.72 Å². The Balaban J connectivity index is 1.42. The molecule has 2 aromatic heterocycles. The van der Waals surface area contributed by atoms with E-state index in [0.29, 0.717) is 17.0 Å². The van der Waals surface area contributed by atoms with Crippen LogP contribution in [0, 0.1) is 11.6 Å². The Morgan fingerprint density at radius 3 is 2.50 bits per heavy atom. The second-order valence-corrected chi connectivity index (χ2v) is 10.9. The van der Waals surface area contributed by atoms with Crippen molar-refractivity contribution in [3.05, 3.63) is 95.4 Å². The summed E-state index contributed by atoms with van der Waals surface area (Å²) in [5.74, 6) is -2.11. The van der Waals surface area contributed by atoms with E-state index in [1.807, 2.05) is 24.3 Å². The molecule has 208 valence electrons. The van der Waals surface area contributed by atoms with Crippen LogP contribution in [0.4, 0.5) is 13.6 Å². The Morgan fingerprint density at radius 1 is 1.05 bits per heavy atom. The number of benzene rings is 2. The van der Waals surface area contributed by atoms with Crippen molar-refractivity contribution in [3.63, 3.8) is 0 Å². The quantitative estimate of drug-likeness (QED) is 0.324. The molecule has 0 radical (unpaired) electrons. The zero-order chi connectivity index (χ0) is 28.5. The molecule has 0 aliphatic heterocycles. The van der Waals surface area contributed by atoms with Gasteiger partial charge in [-0.25, -0.2) is 23.5 Å². The number of hydrogen-bond donors (Lipinski definition) is 2. The van der Waals surface area contributed by atoms with E-state index in [0.717, 1.165) is 24.5 Å². The highest BCUT2D eigenvalue weighted by molar-refractivity contribution is 5.86. The van der Waals surface area contributed by atoms with Gasteiger partial charge in [0.1, 0.15) is 23.0 Å². The lowest BCUT2D eigenvalue weighted by molar-refractivity contribution is -0.123. The molecular formula is C30H31F2N5O3. The van der Waals surface area contributed by atoms with E-state index in [-0.39, 0.29) is 24.1 Å². The summed E-state index contributed by atoms with van der Waals surface area (Å²) < 4.78 is 35.7. The lowest BCUT2D eigenvalue weighted by Gasteiger charge is -2.24. The first kappa shape index (κ1) is 27.2. The zero-order valence-electron chi connectivity index (χ0n) is 22.6. The number of nitrogens with one attached hydrogen (secondary N) is 2. The summed E-state index contributed by atoms with van der Waals surface area (Å²) in [5, 5.41) is 5.35. The van der Waals surface area contributed by atoms with Crippen LogP contribution in [0.5, 0.6) is 0 Å². The van der Waals surface area contributed by atoms with Crippen molar-refractivity contribution in [2.24, 2.45) is 0 Å². The highest BCUT2D eigenvalue weighted by atomic mass is 19.2. The molecule has 0 bridgehead atoms. The molecule has 2 aromatic carbocycles. The standard InChI is InChI=1S/C30H31F2N5O3/c1-29(2,3)40-28(39)36-23(17-19-9-7-12-21(31)25(19)32)27(38)34-18-24-35-22-13-8-16-33-26(22)37(24)30(14-15-30)20-10-5-4-6-11-20/h4-13,16,23H,14-15,17-18H2,1-3H3,(H,34,38)(H,36,39). The van der Waals surface area contributed by atoms with Gasteiger partial charge in [0.15, 0.2) is 17.3 Å². The first-order chi connectivity index (χ1) is 19.1. The summed E-state index contributed by atoms with van der Waals surface area (Å²) in [4.78, 5) is 35.3. The molecule has 40 heavy (non-hydrogen) atoms. The zero-order valence-corrected chi connectivity index (χ0v) is 22.6.